The van der Waals surface area contributed by atoms with Crippen LogP contribution in [0.15, 0.2) is 79.0 Å². The van der Waals surface area contributed by atoms with E-state index >= 15 is 0 Å². The average molecular weight is 563 g/mol. The minimum atomic E-state index is -4.62. The molecule has 0 radical (unpaired) electrons. The van der Waals surface area contributed by atoms with Crippen molar-refractivity contribution in [2.75, 3.05) is 10.2 Å². The number of amides is 1. The molecule has 0 aliphatic carbocycles. The number of hydrogen-bond acceptors (Lipinski definition) is 4. The fourth-order valence-electron chi connectivity index (χ4n) is 4.84. The fourth-order valence-corrected chi connectivity index (χ4v) is 4.84. The van der Waals surface area contributed by atoms with E-state index in [4.69, 9.17) is 0 Å². The lowest BCUT2D eigenvalue weighted by atomic mass is 10.0. The van der Waals surface area contributed by atoms with Crippen molar-refractivity contribution >= 4 is 34.5 Å². The summed E-state index contributed by atoms with van der Waals surface area (Å²) in [6, 6.07) is 16.3. The molecule has 3 N–H and O–H groups in total. The van der Waals surface area contributed by atoms with Crippen LogP contribution in [-0.2, 0) is 11.0 Å². The Morgan fingerprint density at radius 1 is 0.927 bits per heavy atom. The highest BCUT2D eigenvalue weighted by Crippen LogP contribution is 2.45. The number of aryl methyl sites for hydroxylation is 2. The number of nitrogens with zero attached hydrogens (tertiary/aromatic N) is 1. The number of carboxylic acids is 1. The number of alkyl halides is 3. The van der Waals surface area contributed by atoms with Gasteiger partial charge in [-0.25, -0.2) is 9.18 Å². The van der Waals surface area contributed by atoms with E-state index in [1.54, 1.807) is 18.2 Å². The van der Waals surface area contributed by atoms with Crippen LogP contribution in [0.1, 0.15) is 32.6 Å². The summed E-state index contributed by atoms with van der Waals surface area (Å²) in [5.41, 5.74) is 1.53. The molecule has 0 atom stereocenters. The maximum Gasteiger partial charge on any atom is 0.416 e. The van der Waals surface area contributed by atoms with Crippen LogP contribution in [0.25, 0.3) is 16.7 Å². The number of carbonyl (C=O) groups is 2. The lowest BCUT2D eigenvalue weighted by Crippen LogP contribution is -2.21. The van der Waals surface area contributed by atoms with Gasteiger partial charge in [-0.3, -0.25) is 9.69 Å². The maximum absolute atomic E-state index is 13.9. The van der Waals surface area contributed by atoms with Gasteiger partial charge in [-0.05, 0) is 73.0 Å². The average Bonchev–Trinajstić information content (AvgIpc) is 3.17. The van der Waals surface area contributed by atoms with Gasteiger partial charge in [0.1, 0.15) is 11.6 Å². The number of benzene rings is 4. The summed E-state index contributed by atoms with van der Waals surface area (Å²) in [6.07, 6.45) is -3.33. The Kier molecular flexibility index (Phi) is 6.78. The number of para-hydroxylation sites is 1. The third kappa shape index (κ3) is 5.11. The second-order valence-corrected chi connectivity index (χ2v) is 9.62. The zero-order valence-corrected chi connectivity index (χ0v) is 21.7. The van der Waals surface area contributed by atoms with Gasteiger partial charge in [-0.15, -0.1) is 0 Å². The molecule has 0 saturated carbocycles. The van der Waals surface area contributed by atoms with Crippen molar-refractivity contribution in [2.45, 2.75) is 20.0 Å². The molecule has 10 heteroatoms. The highest BCUT2D eigenvalue weighted by atomic mass is 19.4. The number of phenolic OH excluding ortho intramolecular Hbond substituents is 1. The van der Waals surface area contributed by atoms with E-state index in [0.29, 0.717) is 5.69 Å². The van der Waals surface area contributed by atoms with Crippen LogP contribution in [0.2, 0.25) is 0 Å². The van der Waals surface area contributed by atoms with Crippen LogP contribution < -0.4 is 10.2 Å². The molecule has 0 bridgehead atoms. The number of anilines is 3. The summed E-state index contributed by atoms with van der Waals surface area (Å²) in [7, 11) is 0. The van der Waals surface area contributed by atoms with Crippen LogP contribution in [-0.4, -0.2) is 22.1 Å². The smallest absolute Gasteiger partial charge is 0.416 e. The number of carboxylic acid groups (broad SMARTS) is 1. The molecule has 0 aromatic heterocycles. The van der Waals surface area contributed by atoms with Gasteiger partial charge in [-0.1, -0.05) is 30.3 Å². The molecule has 41 heavy (non-hydrogen) atoms. The quantitative estimate of drug-likeness (QED) is 0.132. The Morgan fingerprint density at radius 3 is 2.29 bits per heavy atom. The molecule has 5 rings (SSSR count). The monoisotopic (exact) mass is 562 g/mol. The van der Waals surface area contributed by atoms with Crippen molar-refractivity contribution < 1.29 is 37.4 Å². The maximum atomic E-state index is 13.9. The molecule has 1 amide bonds. The lowest BCUT2D eigenvalue weighted by Gasteiger charge is -2.19. The van der Waals surface area contributed by atoms with Crippen molar-refractivity contribution in [2.24, 2.45) is 0 Å². The minimum Gasteiger partial charge on any atom is -0.505 e. The second kappa shape index (κ2) is 10.1. The van der Waals surface area contributed by atoms with Gasteiger partial charge in [-0.2, -0.15) is 13.2 Å². The molecule has 0 spiro atoms. The summed E-state index contributed by atoms with van der Waals surface area (Å²) < 4.78 is 54.6. The van der Waals surface area contributed by atoms with E-state index < -0.39 is 35.0 Å². The van der Waals surface area contributed by atoms with Gasteiger partial charge in [0.2, 0.25) is 0 Å². The van der Waals surface area contributed by atoms with E-state index in [1.165, 1.54) is 35.4 Å². The van der Waals surface area contributed by atoms with E-state index in [-0.39, 0.29) is 39.4 Å². The molecule has 1 aliphatic heterocycles. The number of rotatable bonds is 5. The van der Waals surface area contributed by atoms with Gasteiger partial charge in [0.05, 0.1) is 28.1 Å². The summed E-state index contributed by atoms with van der Waals surface area (Å²) in [6.45, 7) is 3.64. The summed E-state index contributed by atoms with van der Waals surface area (Å²) >= 11 is 0. The third-order valence-electron chi connectivity index (χ3n) is 6.67. The summed E-state index contributed by atoms with van der Waals surface area (Å²) in [5.74, 6) is -3.28. The second-order valence-electron chi connectivity index (χ2n) is 9.62. The Hall–Kier alpha value is -5.12. The number of halogens is 4. The number of nitrogens with one attached hydrogen (secondary N) is 1. The van der Waals surface area contributed by atoms with Gasteiger partial charge in [0.15, 0.2) is 0 Å². The molecular weight excluding hydrogens is 540 g/mol. The van der Waals surface area contributed by atoms with Crippen LogP contribution >= 0.6 is 0 Å². The first-order valence-electron chi connectivity index (χ1n) is 12.3. The molecule has 208 valence electrons. The predicted molar refractivity (Wildman–Crippen MR) is 147 cm³/mol. The van der Waals surface area contributed by atoms with Crippen LogP contribution in [0, 0.1) is 19.7 Å². The topological polar surface area (TPSA) is 89.9 Å². The third-order valence-corrected chi connectivity index (χ3v) is 6.67. The number of phenols is 1. The van der Waals surface area contributed by atoms with Gasteiger partial charge >= 0.3 is 12.1 Å². The van der Waals surface area contributed by atoms with Crippen molar-refractivity contribution in [3.05, 3.63) is 113 Å². The first kappa shape index (κ1) is 27.4. The number of fused-ring (bicyclic) bond motifs is 1. The Bertz CT molecular complexity index is 1740. The number of aromatic carboxylic acids is 1. The number of hydrogen-bond donors (Lipinski definition) is 3. The fraction of sp³-hybridized carbons (Fsp3) is 0.0968. The molecule has 1 heterocycles. The molecule has 0 fully saturated rings. The summed E-state index contributed by atoms with van der Waals surface area (Å²) in [4.78, 5) is 26.2. The normalized spacial score (nSPS) is 14.0. The Morgan fingerprint density at radius 2 is 1.63 bits per heavy atom. The molecule has 0 unspecified atom stereocenters. The van der Waals surface area contributed by atoms with Crippen molar-refractivity contribution in [1.82, 2.24) is 0 Å². The number of carbonyl (C=O) groups excluding carboxylic acids is 1. The predicted octanol–water partition coefficient (Wildman–Crippen LogP) is 7.66. The first-order chi connectivity index (χ1) is 19.3. The highest BCUT2D eigenvalue weighted by Gasteiger charge is 2.38. The standard InChI is InChI=1S/C31H22F4N2O4/c1-16-10-17(2)12-20(11-16)37-27-14-19(31(33,34)35)7-8-22(27)24(29(37)39)15-36-26-5-3-4-21(28(26)38)18-6-9-25(32)23(13-18)30(40)41/h3-15,36,38H,1-2H3,(H,40,41)/b24-15-. The Balaban J connectivity index is 1.57. The van der Waals surface area contributed by atoms with E-state index in [2.05, 4.69) is 5.32 Å². The lowest BCUT2D eigenvalue weighted by molar-refractivity contribution is -0.137. The molecule has 1 aliphatic rings. The zero-order valence-electron chi connectivity index (χ0n) is 21.7. The van der Waals surface area contributed by atoms with Crippen molar-refractivity contribution in [3.8, 4) is 16.9 Å². The first-order valence-corrected chi connectivity index (χ1v) is 12.3. The summed E-state index contributed by atoms with van der Waals surface area (Å²) in [5, 5.41) is 23.0. The SMILES string of the molecule is Cc1cc(C)cc(N2C(=O)/C(=C\Nc3cccc(-c4ccc(F)c(C(=O)O)c4)c3O)c3ccc(C(F)(F)F)cc32)c1. The Labute approximate surface area is 231 Å². The van der Waals surface area contributed by atoms with E-state index in [9.17, 15) is 37.4 Å². The minimum absolute atomic E-state index is 0.0626. The molecule has 4 aromatic rings. The van der Waals surface area contributed by atoms with Crippen molar-refractivity contribution in [1.29, 1.82) is 0 Å². The molecule has 4 aromatic carbocycles. The van der Waals surface area contributed by atoms with Crippen LogP contribution in [0.3, 0.4) is 0 Å². The molecule has 6 nitrogen and oxygen atoms in total. The van der Waals surface area contributed by atoms with Crippen LogP contribution in [0.5, 0.6) is 5.75 Å². The van der Waals surface area contributed by atoms with E-state index in [1.807, 2.05) is 19.9 Å². The molecular formula is C31H22F4N2O4. The molecule has 0 saturated heterocycles. The largest absolute Gasteiger partial charge is 0.505 e. The van der Waals surface area contributed by atoms with Crippen LogP contribution in [0.4, 0.5) is 34.6 Å². The van der Waals surface area contributed by atoms with E-state index in [0.717, 1.165) is 35.4 Å². The zero-order chi connectivity index (χ0) is 29.6. The highest BCUT2D eigenvalue weighted by molar-refractivity contribution is 6.35. The van der Waals surface area contributed by atoms with Crippen molar-refractivity contribution in [3.63, 3.8) is 0 Å². The van der Waals surface area contributed by atoms with Gasteiger partial charge in [0.25, 0.3) is 5.91 Å². The number of aromatic hydroxyl groups is 1. The van der Waals surface area contributed by atoms with Gasteiger partial charge < -0.3 is 15.5 Å². The van der Waals surface area contributed by atoms with Gasteiger partial charge in [0, 0.05) is 23.0 Å².